The lowest BCUT2D eigenvalue weighted by atomic mass is 10.4. The van der Waals surface area contributed by atoms with Crippen LogP contribution in [0.5, 0.6) is 0 Å². The number of hydrogen-bond donors (Lipinski definition) is 1. The van der Waals surface area contributed by atoms with Crippen molar-refractivity contribution in [3.8, 4) is 0 Å². The minimum Gasteiger partial charge on any atom is -0.463 e. The van der Waals surface area contributed by atoms with Gasteiger partial charge in [-0.3, -0.25) is 9.59 Å². The topological polar surface area (TPSA) is 68.3 Å². The molecule has 0 spiro atoms. The van der Waals surface area contributed by atoms with E-state index in [1.54, 1.807) is 13.8 Å². The van der Waals surface area contributed by atoms with E-state index in [9.17, 15) is 9.59 Å². The molecule has 0 aliphatic rings. The van der Waals surface area contributed by atoms with Crippen LogP contribution >= 0.6 is 11.3 Å². The molecule has 0 fully saturated rings. The molecular weight excluding hydrogens is 228 g/mol. The van der Waals surface area contributed by atoms with E-state index < -0.39 is 11.9 Å². The van der Waals surface area contributed by atoms with E-state index in [0.717, 1.165) is 5.69 Å². The van der Waals surface area contributed by atoms with Gasteiger partial charge in [-0.2, -0.15) is 0 Å². The van der Waals surface area contributed by atoms with Crippen molar-refractivity contribution in [2.45, 2.75) is 33.3 Å². The Morgan fingerprint density at radius 3 is 2.75 bits per heavy atom. The molecule has 0 saturated carbocycles. The van der Waals surface area contributed by atoms with Crippen molar-refractivity contribution in [2.24, 2.45) is 0 Å². The Morgan fingerprint density at radius 1 is 1.56 bits per heavy atom. The van der Waals surface area contributed by atoms with E-state index in [-0.39, 0.29) is 12.5 Å². The predicted octanol–water partition coefficient (Wildman–Crippen LogP) is 1.73. The maximum absolute atomic E-state index is 11.4. The molecule has 1 rings (SSSR count). The molecule has 5 nitrogen and oxygen atoms in total. The zero-order valence-corrected chi connectivity index (χ0v) is 10.3. The molecule has 88 valence electrons. The number of anilines is 1. The van der Waals surface area contributed by atoms with Gasteiger partial charge in [-0.1, -0.05) is 0 Å². The fraction of sp³-hybridized carbons (Fsp3) is 0.500. The molecule has 0 aromatic carbocycles. The van der Waals surface area contributed by atoms with E-state index in [0.29, 0.717) is 5.13 Å². The fourth-order valence-corrected chi connectivity index (χ4v) is 1.71. The maximum Gasteiger partial charge on any atom is 0.315 e. The average molecular weight is 242 g/mol. The van der Waals surface area contributed by atoms with Crippen LogP contribution in [0, 0.1) is 6.92 Å². The molecule has 1 aromatic rings. The summed E-state index contributed by atoms with van der Waals surface area (Å²) in [6, 6.07) is 0. The second-order valence-corrected chi connectivity index (χ2v) is 4.42. The summed E-state index contributed by atoms with van der Waals surface area (Å²) in [6.07, 6.45) is -0.487. The third kappa shape index (κ3) is 4.39. The summed E-state index contributed by atoms with van der Waals surface area (Å²) in [4.78, 5) is 26.6. The molecular formula is C10H14N2O3S. The lowest BCUT2D eigenvalue weighted by Crippen LogP contribution is -2.20. The van der Waals surface area contributed by atoms with Gasteiger partial charge in [0.2, 0.25) is 5.91 Å². The number of amides is 1. The molecule has 6 heteroatoms. The summed E-state index contributed by atoms with van der Waals surface area (Å²) in [5, 5.41) is 4.86. The Bertz CT molecular complexity index is 387. The molecule has 0 radical (unpaired) electrons. The Hall–Kier alpha value is -1.43. The molecule has 1 aromatic heterocycles. The van der Waals surface area contributed by atoms with Gasteiger partial charge in [0, 0.05) is 5.38 Å². The number of ether oxygens (including phenoxy) is 1. The number of nitrogens with one attached hydrogen (secondary N) is 1. The molecule has 0 saturated heterocycles. The molecule has 1 amide bonds. The summed E-state index contributed by atoms with van der Waals surface area (Å²) >= 11 is 1.32. The van der Waals surface area contributed by atoms with Gasteiger partial charge in [0.05, 0.1) is 11.8 Å². The van der Waals surface area contributed by atoms with Gasteiger partial charge >= 0.3 is 5.97 Å². The van der Waals surface area contributed by atoms with Gasteiger partial charge in [0.1, 0.15) is 6.42 Å². The third-order valence-corrected chi connectivity index (χ3v) is 2.41. The molecule has 1 N–H and O–H groups in total. The quantitative estimate of drug-likeness (QED) is 0.645. The van der Waals surface area contributed by atoms with Gasteiger partial charge in [-0.15, -0.1) is 11.3 Å². The van der Waals surface area contributed by atoms with Gasteiger partial charge < -0.3 is 10.1 Å². The first-order valence-electron chi connectivity index (χ1n) is 4.89. The Balaban J connectivity index is 2.39. The number of thiazole rings is 1. The molecule has 0 bridgehead atoms. The average Bonchev–Trinajstić information content (AvgIpc) is 2.48. The van der Waals surface area contributed by atoms with E-state index in [1.165, 1.54) is 11.3 Å². The monoisotopic (exact) mass is 242 g/mol. The SMILES string of the molecule is Cc1csc(NC(=O)CC(=O)OC(C)C)n1. The lowest BCUT2D eigenvalue weighted by molar-refractivity contribution is -0.148. The largest absolute Gasteiger partial charge is 0.463 e. The fourth-order valence-electron chi connectivity index (χ4n) is 1.01. The Kier molecular flexibility index (Phi) is 4.42. The first kappa shape index (κ1) is 12.6. The van der Waals surface area contributed by atoms with Crippen LogP contribution < -0.4 is 5.32 Å². The second-order valence-electron chi connectivity index (χ2n) is 3.56. The van der Waals surface area contributed by atoms with E-state index in [4.69, 9.17) is 4.74 Å². The number of aryl methyl sites for hydroxylation is 1. The Labute approximate surface area is 97.8 Å². The zero-order valence-electron chi connectivity index (χ0n) is 9.44. The van der Waals surface area contributed by atoms with Crippen molar-refractivity contribution in [1.29, 1.82) is 0 Å². The van der Waals surface area contributed by atoms with Crippen LogP contribution in [0.3, 0.4) is 0 Å². The first-order chi connectivity index (χ1) is 7.47. The van der Waals surface area contributed by atoms with Crippen LogP contribution in [0.25, 0.3) is 0 Å². The van der Waals surface area contributed by atoms with Crippen LogP contribution in [-0.4, -0.2) is 23.0 Å². The highest BCUT2D eigenvalue weighted by atomic mass is 32.1. The van der Waals surface area contributed by atoms with Gasteiger partial charge in [-0.25, -0.2) is 4.98 Å². The summed E-state index contributed by atoms with van der Waals surface area (Å²) < 4.78 is 4.85. The summed E-state index contributed by atoms with van der Waals surface area (Å²) in [6.45, 7) is 5.30. The van der Waals surface area contributed by atoms with Crippen LogP contribution in [0.1, 0.15) is 26.0 Å². The van der Waals surface area contributed by atoms with Gasteiger partial charge in [0.15, 0.2) is 5.13 Å². The number of rotatable bonds is 4. The van der Waals surface area contributed by atoms with Crippen LogP contribution in [-0.2, 0) is 14.3 Å². The van der Waals surface area contributed by atoms with Crippen molar-refractivity contribution >= 4 is 28.3 Å². The molecule has 16 heavy (non-hydrogen) atoms. The number of carbonyl (C=O) groups excluding carboxylic acids is 2. The molecule has 1 heterocycles. The third-order valence-electron chi connectivity index (χ3n) is 1.54. The van der Waals surface area contributed by atoms with E-state index in [1.807, 2.05) is 12.3 Å². The summed E-state index contributed by atoms with van der Waals surface area (Å²) in [5.41, 5.74) is 0.838. The summed E-state index contributed by atoms with van der Waals surface area (Å²) in [7, 11) is 0. The smallest absolute Gasteiger partial charge is 0.315 e. The zero-order chi connectivity index (χ0) is 12.1. The lowest BCUT2D eigenvalue weighted by Gasteiger charge is -2.06. The minimum absolute atomic E-state index is 0.206. The number of hydrogen-bond acceptors (Lipinski definition) is 5. The van der Waals surface area contributed by atoms with Crippen molar-refractivity contribution in [2.75, 3.05) is 5.32 Å². The van der Waals surface area contributed by atoms with E-state index in [2.05, 4.69) is 10.3 Å². The van der Waals surface area contributed by atoms with Crippen molar-refractivity contribution < 1.29 is 14.3 Å². The highest BCUT2D eigenvalue weighted by molar-refractivity contribution is 7.13. The molecule has 0 atom stereocenters. The molecule has 0 aliphatic carbocycles. The molecule has 0 aliphatic heterocycles. The minimum atomic E-state index is -0.527. The predicted molar refractivity (Wildman–Crippen MR) is 61.3 cm³/mol. The number of aromatic nitrogens is 1. The highest BCUT2D eigenvalue weighted by Gasteiger charge is 2.13. The maximum atomic E-state index is 11.4. The number of nitrogens with zero attached hydrogens (tertiary/aromatic N) is 1. The summed E-state index contributed by atoms with van der Waals surface area (Å²) in [5.74, 6) is -0.930. The van der Waals surface area contributed by atoms with Crippen LogP contribution in [0.4, 0.5) is 5.13 Å². The van der Waals surface area contributed by atoms with Crippen molar-refractivity contribution in [3.63, 3.8) is 0 Å². The van der Waals surface area contributed by atoms with Crippen molar-refractivity contribution in [1.82, 2.24) is 4.98 Å². The normalized spacial score (nSPS) is 10.2. The van der Waals surface area contributed by atoms with Crippen LogP contribution in [0.15, 0.2) is 5.38 Å². The Morgan fingerprint density at radius 2 is 2.25 bits per heavy atom. The van der Waals surface area contributed by atoms with Gasteiger partial charge in [-0.05, 0) is 20.8 Å². The number of esters is 1. The van der Waals surface area contributed by atoms with Crippen molar-refractivity contribution in [3.05, 3.63) is 11.1 Å². The van der Waals surface area contributed by atoms with E-state index >= 15 is 0 Å². The second kappa shape index (κ2) is 5.60. The molecule has 0 unspecified atom stereocenters. The number of carbonyl (C=O) groups is 2. The van der Waals surface area contributed by atoms with Crippen LogP contribution in [0.2, 0.25) is 0 Å². The standard InChI is InChI=1S/C10H14N2O3S/c1-6(2)15-9(14)4-8(13)12-10-11-7(3)5-16-10/h5-6H,4H2,1-3H3,(H,11,12,13). The van der Waals surface area contributed by atoms with Gasteiger partial charge in [0.25, 0.3) is 0 Å². The highest BCUT2D eigenvalue weighted by Crippen LogP contribution is 2.14. The first-order valence-corrected chi connectivity index (χ1v) is 5.77.